The van der Waals surface area contributed by atoms with Crippen LogP contribution >= 0.6 is 11.8 Å². The average Bonchev–Trinajstić information content (AvgIpc) is 2.87. The Balaban J connectivity index is 1.83. The quantitative estimate of drug-likeness (QED) is 0.824. The molecule has 1 saturated heterocycles. The molecule has 0 aromatic carbocycles. The Labute approximate surface area is 102 Å². The van der Waals surface area contributed by atoms with Crippen molar-refractivity contribution in [2.24, 2.45) is 10.9 Å². The Bertz CT molecular complexity index is 262. The van der Waals surface area contributed by atoms with Gasteiger partial charge < -0.3 is 10.1 Å². The SMILES string of the molecule is CC(NC1=N[C@@H](C(C)C)CS1)C1CCCO1. The van der Waals surface area contributed by atoms with E-state index >= 15 is 0 Å². The second-order valence-corrected chi connectivity index (χ2v) is 6.05. The van der Waals surface area contributed by atoms with Crippen LogP contribution in [0.2, 0.25) is 0 Å². The van der Waals surface area contributed by atoms with Gasteiger partial charge in [-0.3, -0.25) is 4.99 Å². The maximum atomic E-state index is 5.67. The fraction of sp³-hybridized carbons (Fsp3) is 0.917. The molecule has 0 aromatic heterocycles. The first kappa shape index (κ1) is 12.2. The van der Waals surface area contributed by atoms with Crippen LogP contribution in [0.5, 0.6) is 0 Å². The van der Waals surface area contributed by atoms with Crippen molar-refractivity contribution >= 4 is 16.9 Å². The third-order valence-corrected chi connectivity index (χ3v) is 4.32. The van der Waals surface area contributed by atoms with E-state index in [-0.39, 0.29) is 0 Å². The zero-order valence-electron chi connectivity index (χ0n) is 10.4. The highest BCUT2D eigenvalue weighted by atomic mass is 32.2. The molecule has 2 heterocycles. The summed E-state index contributed by atoms with van der Waals surface area (Å²) in [6.45, 7) is 7.59. The van der Waals surface area contributed by atoms with Crippen LogP contribution in [-0.2, 0) is 4.74 Å². The fourth-order valence-corrected chi connectivity index (χ4v) is 3.36. The zero-order chi connectivity index (χ0) is 11.5. The van der Waals surface area contributed by atoms with E-state index in [1.54, 1.807) is 0 Å². The Morgan fingerprint density at radius 1 is 1.44 bits per heavy atom. The van der Waals surface area contributed by atoms with Crippen molar-refractivity contribution in [3.63, 3.8) is 0 Å². The summed E-state index contributed by atoms with van der Waals surface area (Å²) in [5.74, 6) is 1.77. The van der Waals surface area contributed by atoms with Crippen LogP contribution in [-0.4, -0.2) is 35.7 Å². The van der Waals surface area contributed by atoms with Gasteiger partial charge in [0, 0.05) is 12.4 Å². The summed E-state index contributed by atoms with van der Waals surface area (Å²) in [7, 11) is 0. The molecule has 0 aliphatic carbocycles. The Kier molecular flexibility index (Phi) is 4.14. The number of ether oxygens (including phenoxy) is 1. The lowest BCUT2D eigenvalue weighted by molar-refractivity contribution is 0.0896. The third-order valence-electron chi connectivity index (χ3n) is 3.32. The van der Waals surface area contributed by atoms with E-state index in [9.17, 15) is 0 Å². The smallest absolute Gasteiger partial charge is 0.157 e. The number of amidine groups is 1. The number of nitrogens with zero attached hydrogens (tertiary/aromatic N) is 1. The van der Waals surface area contributed by atoms with Crippen molar-refractivity contribution < 1.29 is 4.74 Å². The van der Waals surface area contributed by atoms with Crippen LogP contribution in [0, 0.1) is 5.92 Å². The number of rotatable bonds is 3. The molecule has 0 radical (unpaired) electrons. The van der Waals surface area contributed by atoms with E-state index in [4.69, 9.17) is 9.73 Å². The molecule has 2 unspecified atom stereocenters. The van der Waals surface area contributed by atoms with Gasteiger partial charge in [0.2, 0.25) is 0 Å². The summed E-state index contributed by atoms with van der Waals surface area (Å²) < 4.78 is 5.67. The summed E-state index contributed by atoms with van der Waals surface area (Å²) in [4.78, 5) is 4.71. The second-order valence-electron chi connectivity index (χ2n) is 5.04. The number of nitrogens with one attached hydrogen (secondary N) is 1. The normalized spacial score (nSPS) is 31.9. The van der Waals surface area contributed by atoms with Gasteiger partial charge in [-0.25, -0.2) is 0 Å². The van der Waals surface area contributed by atoms with Gasteiger partial charge in [-0.15, -0.1) is 0 Å². The maximum Gasteiger partial charge on any atom is 0.157 e. The van der Waals surface area contributed by atoms with Gasteiger partial charge in [-0.2, -0.15) is 0 Å². The predicted octanol–water partition coefficient (Wildman–Crippen LogP) is 2.27. The molecule has 16 heavy (non-hydrogen) atoms. The zero-order valence-corrected chi connectivity index (χ0v) is 11.2. The molecule has 0 spiro atoms. The highest BCUT2D eigenvalue weighted by molar-refractivity contribution is 8.14. The monoisotopic (exact) mass is 242 g/mol. The van der Waals surface area contributed by atoms with Crippen LogP contribution in [0.25, 0.3) is 0 Å². The lowest BCUT2D eigenvalue weighted by atomic mass is 10.1. The number of hydrogen-bond acceptors (Lipinski definition) is 4. The van der Waals surface area contributed by atoms with Crippen LogP contribution in [0.1, 0.15) is 33.6 Å². The third kappa shape index (κ3) is 2.92. The molecule has 0 aromatic rings. The van der Waals surface area contributed by atoms with Gasteiger partial charge >= 0.3 is 0 Å². The van der Waals surface area contributed by atoms with Crippen molar-refractivity contribution in [1.82, 2.24) is 5.32 Å². The van der Waals surface area contributed by atoms with Gasteiger partial charge in [0.05, 0.1) is 18.2 Å². The standard InChI is InChI=1S/C12H22N2OS/c1-8(2)10-7-16-12(14-10)13-9(3)11-5-4-6-15-11/h8-11H,4-7H2,1-3H3,(H,13,14)/t9?,10-,11?/m1/s1. The lowest BCUT2D eigenvalue weighted by Crippen LogP contribution is -2.39. The highest BCUT2D eigenvalue weighted by Gasteiger charge is 2.26. The summed E-state index contributed by atoms with van der Waals surface area (Å²) in [5.41, 5.74) is 0. The summed E-state index contributed by atoms with van der Waals surface area (Å²) >= 11 is 1.85. The van der Waals surface area contributed by atoms with Crippen LogP contribution in [0.15, 0.2) is 4.99 Å². The van der Waals surface area contributed by atoms with Gasteiger partial charge in [-0.05, 0) is 25.7 Å². The van der Waals surface area contributed by atoms with Gasteiger partial charge in [0.1, 0.15) is 0 Å². The first-order valence-electron chi connectivity index (χ1n) is 6.25. The van der Waals surface area contributed by atoms with E-state index < -0.39 is 0 Å². The number of thioether (sulfide) groups is 1. The van der Waals surface area contributed by atoms with Gasteiger partial charge in [-0.1, -0.05) is 25.6 Å². The molecule has 0 bridgehead atoms. The summed E-state index contributed by atoms with van der Waals surface area (Å²) in [5, 5.41) is 4.61. The summed E-state index contributed by atoms with van der Waals surface area (Å²) in [6, 6.07) is 0.879. The lowest BCUT2D eigenvalue weighted by Gasteiger charge is -2.20. The van der Waals surface area contributed by atoms with Crippen LogP contribution in [0.4, 0.5) is 0 Å². The first-order chi connectivity index (χ1) is 7.66. The van der Waals surface area contributed by atoms with Crippen molar-refractivity contribution in [2.45, 2.75) is 51.8 Å². The van der Waals surface area contributed by atoms with Gasteiger partial charge in [0.25, 0.3) is 0 Å². The minimum Gasteiger partial charge on any atom is -0.376 e. The van der Waals surface area contributed by atoms with Crippen LogP contribution < -0.4 is 5.32 Å². The maximum absolute atomic E-state index is 5.67. The largest absolute Gasteiger partial charge is 0.376 e. The molecule has 2 aliphatic heterocycles. The number of hydrogen-bond donors (Lipinski definition) is 1. The predicted molar refractivity (Wildman–Crippen MR) is 70.1 cm³/mol. The minimum absolute atomic E-state index is 0.376. The van der Waals surface area contributed by atoms with E-state index in [1.807, 2.05) is 11.8 Å². The van der Waals surface area contributed by atoms with Crippen LogP contribution in [0.3, 0.4) is 0 Å². The molecular weight excluding hydrogens is 220 g/mol. The molecule has 4 heteroatoms. The molecule has 3 atom stereocenters. The molecular formula is C12H22N2OS. The molecule has 1 N–H and O–H groups in total. The van der Waals surface area contributed by atoms with Crippen molar-refractivity contribution in [2.75, 3.05) is 12.4 Å². The van der Waals surface area contributed by atoms with Crippen molar-refractivity contribution in [1.29, 1.82) is 0 Å². The fourth-order valence-electron chi connectivity index (χ4n) is 2.09. The molecule has 2 rings (SSSR count). The molecule has 3 nitrogen and oxygen atoms in total. The Morgan fingerprint density at radius 2 is 2.25 bits per heavy atom. The highest BCUT2D eigenvalue weighted by Crippen LogP contribution is 2.23. The van der Waals surface area contributed by atoms with Crippen molar-refractivity contribution in [3.8, 4) is 0 Å². The molecule has 1 fully saturated rings. The van der Waals surface area contributed by atoms with Gasteiger partial charge in [0.15, 0.2) is 5.17 Å². The van der Waals surface area contributed by atoms with E-state index in [1.165, 1.54) is 12.8 Å². The summed E-state index contributed by atoms with van der Waals surface area (Å²) in [6.07, 6.45) is 2.76. The molecule has 0 saturated carbocycles. The first-order valence-corrected chi connectivity index (χ1v) is 7.24. The molecule has 2 aliphatic rings. The molecule has 0 amide bonds. The van der Waals surface area contributed by atoms with E-state index in [0.29, 0.717) is 24.1 Å². The average molecular weight is 242 g/mol. The van der Waals surface area contributed by atoms with E-state index in [0.717, 1.165) is 17.5 Å². The Hall–Kier alpha value is -0.220. The second kappa shape index (κ2) is 5.41. The number of aliphatic imine (C=N–C) groups is 1. The minimum atomic E-state index is 0.376. The Morgan fingerprint density at radius 3 is 2.81 bits per heavy atom. The molecule has 92 valence electrons. The topological polar surface area (TPSA) is 33.6 Å². The van der Waals surface area contributed by atoms with E-state index in [2.05, 4.69) is 26.1 Å². The van der Waals surface area contributed by atoms with Crippen molar-refractivity contribution in [3.05, 3.63) is 0 Å².